The molecule has 3 aliphatic heterocycles. The number of imide groups is 1. The number of halogens is 2. The van der Waals surface area contributed by atoms with Gasteiger partial charge in [0.1, 0.15) is 5.60 Å². The van der Waals surface area contributed by atoms with E-state index < -0.39 is 46.2 Å². The molecule has 11 heteroatoms. The number of nitro groups is 1. The van der Waals surface area contributed by atoms with Gasteiger partial charge in [-0.3, -0.25) is 24.5 Å². The summed E-state index contributed by atoms with van der Waals surface area (Å²) < 4.78 is 6.00. The summed E-state index contributed by atoms with van der Waals surface area (Å²) in [7, 11) is 0. The van der Waals surface area contributed by atoms with Gasteiger partial charge in [-0.15, -0.1) is 0 Å². The van der Waals surface area contributed by atoms with Crippen molar-refractivity contribution in [3.05, 3.63) is 80.3 Å². The number of nitro benzene ring substituents is 1. The van der Waals surface area contributed by atoms with Crippen LogP contribution in [0.1, 0.15) is 10.4 Å². The van der Waals surface area contributed by atoms with Crippen molar-refractivity contribution in [2.24, 2.45) is 11.8 Å². The van der Waals surface area contributed by atoms with Crippen LogP contribution in [0, 0.1) is 22.0 Å². The van der Waals surface area contributed by atoms with Crippen molar-refractivity contribution in [2.75, 3.05) is 11.4 Å². The van der Waals surface area contributed by atoms with Crippen LogP contribution < -0.4 is 10.2 Å². The topological polar surface area (TPSA) is 119 Å². The normalized spacial score (nSPS) is 27.2. The fourth-order valence-electron chi connectivity index (χ4n) is 4.67. The number of carbonyl (C=O) groups is 3. The lowest BCUT2D eigenvalue weighted by molar-refractivity contribution is -0.384. The van der Waals surface area contributed by atoms with Crippen LogP contribution in [0.15, 0.2) is 54.6 Å². The van der Waals surface area contributed by atoms with Gasteiger partial charge in [0.2, 0.25) is 11.8 Å². The summed E-state index contributed by atoms with van der Waals surface area (Å²) in [6, 6.07) is 9.67. The lowest BCUT2D eigenvalue weighted by Gasteiger charge is -2.29. The van der Waals surface area contributed by atoms with Crippen molar-refractivity contribution in [3.8, 4) is 0 Å². The molecule has 3 heterocycles. The highest BCUT2D eigenvalue weighted by atomic mass is 35.5. The zero-order chi connectivity index (χ0) is 23.5. The van der Waals surface area contributed by atoms with Crippen molar-refractivity contribution in [1.29, 1.82) is 0 Å². The molecular weight excluding hydrogens is 473 g/mol. The van der Waals surface area contributed by atoms with E-state index in [1.54, 1.807) is 12.2 Å². The Morgan fingerprint density at radius 1 is 1.15 bits per heavy atom. The number of fused-ring (bicyclic) bond motifs is 5. The molecule has 5 rings (SSSR count). The monoisotopic (exact) mass is 487 g/mol. The van der Waals surface area contributed by atoms with Gasteiger partial charge in [0.15, 0.2) is 0 Å². The predicted molar refractivity (Wildman–Crippen MR) is 118 cm³/mol. The van der Waals surface area contributed by atoms with E-state index >= 15 is 0 Å². The molecule has 9 nitrogen and oxygen atoms in total. The molecule has 2 fully saturated rings. The summed E-state index contributed by atoms with van der Waals surface area (Å²) in [5, 5.41) is 14.2. The fourth-order valence-corrected chi connectivity index (χ4v) is 5.17. The first-order chi connectivity index (χ1) is 15.7. The molecule has 1 N–H and O–H groups in total. The number of ether oxygens (including phenoxy) is 1. The number of amides is 3. The minimum absolute atomic E-state index is 0.0495. The first-order valence-corrected chi connectivity index (χ1v) is 10.7. The molecule has 0 saturated carbocycles. The molecule has 0 unspecified atom stereocenters. The maximum absolute atomic E-state index is 13.3. The number of hydrogen-bond donors (Lipinski definition) is 1. The minimum atomic E-state index is -1.19. The number of rotatable bonds is 5. The van der Waals surface area contributed by atoms with Crippen molar-refractivity contribution in [3.63, 3.8) is 0 Å². The molecular formula is C22H15Cl2N3O6. The van der Waals surface area contributed by atoms with Gasteiger partial charge in [-0.2, -0.15) is 0 Å². The Labute approximate surface area is 197 Å². The molecule has 0 radical (unpaired) electrons. The third-order valence-corrected chi connectivity index (χ3v) is 6.72. The SMILES string of the molecule is O=C(NC[C@@]12C=C[C@@H](O1)[C@H]1C(=O)N(c3ccc([N+](=O)[O-])cc3)C(=O)[C@@H]12)c1ccc(Cl)cc1Cl. The van der Waals surface area contributed by atoms with E-state index in [9.17, 15) is 24.5 Å². The van der Waals surface area contributed by atoms with Crippen LogP contribution in [0.25, 0.3) is 0 Å². The largest absolute Gasteiger partial charge is 0.360 e. The summed E-state index contributed by atoms with van der Waals surface area (Å²) in [6.07, 6.45) is 2.81. The molecule has 168 valence electrons. The molecule has 3 amide bonds. The minimum Gasteiger partial charge on any atom is -0.360 e. The van der Waals surface area contributed by atoms with E-state index in [4.69, 9.17) is 27.9 Å². The number of hydrogen-bond acceptors (Lipinski definition) is 6. The highest BCUT2D eigenvalue weighted by Crippen LogP contribution is 2.52. The number of carbonyl (C=O) groups excluding carboxylic acids is 3. The zero-order valence-corrected chi connectivity index (χ0v) is 18.2. The Balaban J connectivity index is 1.39. The van der Waals surface area contributed by atoms with E-state index in [2.05, 4.69) is 5.32 Å². The third kappa shape index (κ3) is 3.31. The van der Waals surface area contributed by atoms with Gasteiger partial charge in [0, 0.05) is 17.2 Å². The molecule has 33 heavy (non-hydrogen) atoms. The molecule has 4 atom stereocenters. The van der Waals surface area contributed by atoms with E-state index in [0.717, 1.165) is 4.90 Å². The molecule has 2 aromatic rings. The van der Waals surface area contributed by atoms with Crippen molar-refractivity contribution in [2.45, 2.75) is 11.7 Å². The number of nitrogens with one attached hydrogen (secondary N) is 1. The smallest absolute Gasteiger partial charge is 0.269 e. The first kappa shape index (κ1) is 21.6. The Bertz CT molecular complexity index is 1250. The molecule has 0 aromatic heterocycles. The molecule has 2 saturated heterocycles. The summed E-state index contributed by atoms with van der Waals surface area (Å²) in [5.74, 6) is -2.98. The number of non-ortho nitro benzene ring substituents is 1. The van der Waals surface area contributed by atoms with Crippen LogP contribution >= 0.6 is 23.2 Å². The third-order valence-electron chi connectivity index (χ3n) is 6.17. The Morgan fingerprint density at radius 3 is 2.55 bits per heavy atom. The van der Waals surface area contributed by atoms with Crippen molar-refractivity contribution >= 4 is 52.3 Å². The highest BCUT2D eigenvalue weighted by Gasteiger charge is 2.67. The van der Waals surface area contributed by atoms with Crippen LogP contribution in [-0.2, 0) is 14.3 Å². The van der Waals surface area contributed by atoms with Crippen LogP contribution in [0.2, 0.25) is 10.0 Å². The van der Waals surface area contributed by atoms with E-state index in [1.807, 2.05) is 0 Å². The predicted octanol–water partition coefficient (Wildman–Crippen LogP) is 3.14. The highest BCUT2D eigenvalue weighted by molar-refractivity contribution is 6.36. The van der Waals surface area contributed by atoms with Crippen molar-refractivity contribution < 1.29 is 24.0 Å². The average molecular weight is 488 g/mol. The lowest BCUT2D eigenvalue weighted by atomic mass is 9.77. The number of anilines is 1. The summed E-state index contributed by atoms with van der Waals surface area (Å²) in [4.78, 5) is 50.5. The second-order valence-corrected chi connectivity index (χ2v) is 8.84. The maximum atomic E-state index is 13.3. The van der Waals surface area contributed by atoms with Crippen LogP contribution in [-0.4, -0.2) is 40.9 Å². The van der Waals surface area contributed by atoms with Gasteiger partial charge in [-0.1, -0.05) is 35.4 Å². The molecule has 3 aliphatic rings. The van der Waals surface area contributed by atoms with Gasteiger partial charge in [-0.05, 0) is 30.3 Å². The summed E-state index contributed by atoms with van der Waals surface area (Å²) >= 11 is 12.0. The summed E-state index contributed by atoms with van der Waals surface area (Å²) in [6.45, 7) is -0.0495. The standard InChI is InChI=1S/C22H15Cl2N3O6/c23-11-1-6-14(15(24)9-11)19(28)25-10-22-8-7-16(33-22)17-18(22)21(30)26(20(17)29)12-2-4-13(5-3-12)27(31)32/h1-9,16-18H,10H2,(H,25,28)/t16-,17-,18-,22-/m1/s1. The lowest BCUT2D eigenvalue weighted by Crippen LogP contribution is -2.48. The second kappa shape index (κ2) is 7.65. The van der Waals surface area contributed by atoms with Crippen LogP contribution in [0.5, 0.6) is 0 Å². The van der Waals surface area contributed by atoms with Gasteiger partial charge < -0.3 is 10.1 Å². The Kier molecular flexibility index (Phi) is 5.00. The van der Waals surface area contributed by atoms with Crippen LogP contribution in [0.4, 0.5) is 11.4 Å². The zero-order valence-electron chi connectivity index (χ0n) is 16.7. The second-order valence-electron chi connectivity index (χ2n) is 7.99. The van der Waals surface area contributed by atoms with Gasteiger partial charge >= 0.3 is 0 Å². The first-order valence-electron chi connectivity index (χ1n) is 9.94. The van der Waals surface area contributed by atoms with E-state index in [1.165, 1.54) is 42.5 Å². The molecule has 0 aliphatic carbocycles. The Hall–Kier alpha value is -3.27. The molecule has 2 aromatic carbocycles. The number of benzene rings is 2. The van der Waals surface area contributed by atoms with Gasteiger partial charge in [0.05, 0.1) is 45.7 Å². The molecule has 2 bridgehead atoms. The van der Waals surface area contributed by atoms with Crippen LogP contribution in [0.3, 0.4) is 0 Å². The number of nitrogens with zero attached hydrogens (tertiary/aromatic N) is 2. The average Bonchev–Trinajstić information content (AvgIpc) is 3.42. The fraction of sp³-hybridized carbons (Fsp3) is 0.227. The van der Waals surface area contributed by atoms with Crippen molar-refractivity contribution in [1.82, 2.24) is 5.32 Å². The van der Waals surface area contributed by atoms with Gasteiger partial charge in [-0.25, -0.2) is 4.90 Å². The van der Waals surface area contributed by atoms with E-state index in [-0.39, 0.29) is 28.5 Å². The van der Waals surface area contributed by atoms with E-state index in [0.29, 0.717) is 5.02 Å². The van der Waals surface area contributed by atoms with Gasteiger partial charge in [0.25, 0.3) is 11.6 Å². The molecule has 0 spiro atoms. The summed E-state index contributed by atoms with van der Waals surface area (Å²) in [5.41, 5.74) is -0.877. The maximum Gasteiger partial charge on any atom is 0.269 e. The Morgan fingerprint density at radius 2 is 1.88 bits per heavy atom. The quantitative estimate of drug-likeness (QED) is 0.299.